The molecule has 1 aromatic rings. The highest BCUT2D eigenvalue weighted by Crippen LogP contribution is 2.54. The van der Waals surface area contributed by atoms with Crippen molar-refractivity contribution in [3.63, 3.8) is 0 Å². The van der Waals surface area contributed by atoms with E-state index in [0.717, 1.165) is 18.4 Å². The number of ether oxygens (including phenoxy) is 1. The van der Waals surface area contributed by atoms with Crippen LogP contribution in [0.5, 0.6) is 0 Å². The predicted molar refractivity (Wildman–Crippen MR) is 77.3 cm³/mol. The zero-order valence-corrected chi connectivity index (χ0v) is 12.2. The van der Waals surface area contributed by atoms with Crippen molar-refractivity contribution in [2.45, 2.75) is 31.2 Å². The van der Waals surface area contributed by atoms with E-state index in [0.29, 0.717) is 6.54 Å². The van der Waals surface area contributed by atoms with Gasteiger partial charge in [0.15, 0.2) is 6.04 Å². The fourth-order valence-corrected chi connectivity index (χ4v) is 3.20. The lowest BCUT2D eigenvalue weighted by Gasteiger charge is -2.39. The van der Waals surface area contributed by atoms with Crippen LogP contribution >= 0.6 is 0 Å². The summed E-state index contributed by atoms with van der Waals surface area (Å²) >= 11 is 0. The molecular formula is C17H17NO3. The minimum Gasteiger partial charge on any atom is -0.467 e. The Balaban J connectivity index is 2.11. The van der Waals surface area contributed by atoms with Crippen molar-refractivity contribution in [3.05, 3.63) is 35.4 Å². The molecule has 1 unspecified atom stereocenters. The summed E-state index contributed by atoms with van der Waals surface area (Å²) in [4.78, 5) is 26.1. The third kappa shape index (κ3) is 2.09. The second-order valence-corrected chi connectivity index (χ2v) is 5.60. The van der Waals surface area contributed by atoms with Gasteiger partial charge in [0, 0.05) is 12.0 Å². The second-order valence-electron chi connectivity index (χ2n) is 5.60. The highest BCUT2D eigenvalue weighted by Gasteiger charge is 2.54. The van der Waals surface area contributed by atoms with Crippen LogP contribution in [0.4, 0.5) is 0 Å². The summed E-state index contributed by atoms with van der Waals surface area (Å²) in [5, 5.41) is 0. The van der Waals surface area contributed by atoms with E-state index in [1.54, 1.807) is 11.8 Å². The summed E-state index contributed by atoms with van der Waals surface area (Å²) in [5.74, 6) is 4.45. The van der Waals surface area contributed by atoms with Crippen molar-refractivity contribution in [1.29, 1.82) is 0 Å². The second kappa shape index (κ2) is 4.92. The Kier molecular flexibility index (Phi) is 3.21. The van der Waals surface area contributed by atoms with Gasteiger partial charge >= 0.3 is 5.97 Å². The van der Waals surface area contributed by atoms with Gasteiger partial charge in [-0.3, -0.25) is 4.79 Å². The van der Waals surface area contributed by atoms with Crippen LogP contribution in [0, 0.1) is 11.8 Å². The molecule has 0 saturated heterocycles. The SMILES string of the molecule is CC#CC(=O)N1CC2(CC2)c2ccccc2C1C(=O)OC. The minimum atomic E-state index is -0.689. The van der Waals surface area contributed by atoms with Gasteiger partial charge in [0.05, 0.1) is 7.11 Å². The number of rotatable bonds is 1. The fraction of sp³-hybridized carbons (Fsp3) is 0.412. The van der Waals surface area contributed by atoms with Crippen LogP contribution in [0.1, 0.15) is 36.9 Å². The Labute approximate surface area is 124 Å². The van der Waals surface area contributed by atoms with E-state index in [2.05, 4.69) is 17.9 Å². The molecule has 0 bridgehead atoms. The van der Waals surface area contributed by atoms with Gasteiger partial charge in [-0.25, -0.2) is 4.79 Å². The first-order valence-electron chi connectivity index (χ1n) is 7.03. The topological polar surface area (TPSA) is 46.6 Å². The molecule has 1 atom stereocenters. The van der Waals surface area contributed by atoms with Gasteiger partial charge in [0.25, 0.3) is 5.91 Å². The third-order valence-corrected chi connectivity index (χ3v) is 4.38. The molecular weight excluding hydrogens is 266 g/mol. The number of methoxy groups -OCH3 is 1. The van der Waals surface area contributed by atoms with Crippen molar-refractivity contribution >= 4 is 11.9 Å². The lowest BCUT2D eigenvalue weighted by molar-refractivity contribution is -0.152. The molecule has 3 rings (SSSR count). The van der Waals surface area contributed by atoms with E-state index >= 15 is 0 Å². The van der Waals surface area contributed by atoms with Crippen molar-refractivity contribution in [2.24, 2.45) is 0 Å². The monoisotopic (exact) mass is 283 g/mol. The molecule has 108 valence electrons. The molecule has 0 radical (unpaired) electrons. The van der Waals surface area contributed by atoms with Gasteiger partial charge in [0.2, 0.25) is 0 Å². The van der Waals surface area contributed by atoms with E-state index in [4.69, 9.17) is 4.74 Å². The van der Waals surface area contributed by atoms with Gasteiger partial charge in [-0.05, 0) is 36.8 Å². The van der Waals surface area contributed by atoms with E-state index in [9.17, 15) is 9.59 Å². The lowest BCUT2D eigenvalue weighted by atomic mass is 9.82. The molecule has 1 spiro atoms. The van der Waals surface area contributed by atoms with Gasteiger partial charge in [-0.1, -0.05) is 30.2 Å². The van der Waals surface area contributed by atoms with E-state index in [1.807, 2.05) is 18.2 Å². The molecule has 21 heavy (non-hydrogen) atoms. The Morgan fingerprint density at radius 2 is 2.05 bits per heavy atom. The number of carbonyl (C=O) groups is 2. The van der Waals surface area contributed by atoms with Crippen LogP contribution in [0.25, 0.3) is 0 Å². The standard InChI is InChI=1S/C17H17NO3/c1-3-6-14(19)18-11-17(9-10-17)13-8-5-4-7-12(13)15(18)16(20)21-2/h4-5,7-8,15H,9-11H2,1-2H3. The zero-order chi connectivity index (χ0) is 15.0. The Hall–Kier alpha value is -2.28. The molecule has 1 amide bonds. The van der Waals surface area contributed by atoms with Crippen LogP contribution in [-0.4, -0.2) is 30.4 Å². The lowest BCUT2D eigenvalue weighted by Crippen LogP contribution is -2.47. The predicted octanol–water partition coefficient (Wildman–Crippen LogP) is 1.80. The molecule has 1 saturated carbocycles. The van der Waals surface area contributed by atoms with Crippen molar-refractivity contribution in [1.82, 2.24) is 4.90 Å². The summed E-state index contributed by atoms with van der Waals surface area (Å²) in [6.45, 7) is 2.16. The number of fused-ring (bicyclic) bond motifs is 2. The number of amides is 1. The number of hydrogen-bond donors (Lipinski definition) is 0. The van der Waals surface area contributed by atoms with Crippen molar-refractivity contribution < 1.29 is 14.3 Å². The zero-order valence-electron chi connectivity index (χ0n) is 12.2. The molecule has 1 aromatic carbocycles. The van der Waals surface area contributed by atoms with E-state index in [-0.39, 0.29) is 11.3 Å². The minimum absolute atomic E-state index is 0.00615. The first kappa shape index (κ1) is 13.7. The van der Waals surface area contributed by atoms with Crippen LogP contribution in [-0.2, 0) is 19.7 Å². The summed E-state index contributed by atoms with van der Waals surface area (Å²) < 4.78 is 4.91. The summed E-state index contributed by atoms with van der Waals surface area (Å²) in [6, 6.07) is 7.16. The smallest absolute Gasteiger partial charge is 0.333 e. The van der Waals surface area contributed by atoms with Crippen LogP contribution in [0.2, 0.25) is 0 Å². The first-order chi connectivity index (χ1) is 10.1. The van der Waals surface area contributed by atoms with Crippen LogP contribution in [0.3, 0.4) is 0 Å². The first-order valence-corrected chi connectivity index (χ1v) is 7.03. The maximum absolute atomic E-state index is 12.3. The molecule has 0 aromatic heterocycles. The Morgan fingerprint density at radius 1 is 1.33 bits per heavy atom. The summed E-state index contributed by atoms with van der Waals surface area (Å²) in [5.41, 5.74) is 2.06. The number of hydrogen-bond acceptors (Lipinski definition) is 3. The fourth-order valence-electron chi connectivity index (χ4n) is 3.20. The third-order valence-electron chi connectivity index (χ3n) is 4.38. The summed E-state index contributed by atoms with van der Waals surface area (Å²) in [7, 11) is 1.35. The quantitative estimate of drug-likeness (QED) is 0.583. The van der Waals surface area contributed by atoms with Gasteiger partial charge < -0.3 is 9.64 Å². The van der Waals surface area contributed by atoms with Gasteiger partial charge in [0.1, 0.15) is 0 Å². The Bertz CT molecular complexity index is 664. The van der Waals surface area contributed by atoms with Crippen LogP contribution in [0.15, 0.2) is 24.3 Å². The average Bonchev–Trinajstić information content (AvgIpc) is 3.27. The Morgan fingerprint density at radius 3 is 2.67 bits per heavy atom. The van der Waals surface area contributed by atoms with E-state index < -0.39 is 12.0 Å². The van der Waals surface area contributed by atoms with Gasteiger partial charge in [-0.2, -0.15) is 0 Å². The van der Waals surface area contributed by atoms with Crippen molar-refractivity contribution in [2.75, 3.05) is 13.7 Å². The normalized spacial score (nSPS) is 21.0. The molecule has 0 N–H and O–H groups in total. The number of nitrogens with zero attached hydrogens (tertiary/aromatic N) is 1. The highest BCUT2D eigenvalue weighted by molar-refractivity contribution is 5.97. The molecule has 1 fully saturated rings. The molecule has 4 heteroatoms. The molecule has 2 aliphatic rings. The molecule has 1 aliphatic carbocycles. The molecule has 1 aliphatic heterocycles. The van der Waals surface area contributed by atoms with Crippen LogP contribution < -0.4 is 0 Å². The molecule has 1 heterocycles. The van der Waals surface area contributed by atoms with E-state index in [1.165, 1.54) is 12.7 Å². The number of esters is 1. The summed E-state index contributed by atoms with van der Waals surface area (Å²) in [6.07, 6.45) is 2.09. The number of benzene rings is 1. The highest BCUT2D eigenvalue weighted by atomic mass is 16.5. The molecule has 4 nitrogen and oxygen atoms in total. The maximum atomic E-state index is 12.3. The maximum Gasteiger partial charge on any atom is 0.333 e. The van der Waals surface area contributed by atoms with Gasteiger partial charge in [-0.15, -0.1) is 0 Å². The average molecular weight is 283 g/mol. The van der Waals surface area contributed by atoms with Crippen molar-refractivity contribution in [3.8, 4) is 11.8 Å². The number of carbonyl (C=O) groups excluding carboxylic acids is 2. The largest absolute Gasteiger partial charge is 0.467 e.